The summed E-state index contributed by atoms with van der Waals surface area (Å²) in [6, 6.07) is 5.86. The fraction of sp³-hybridized carbons (Fsp3) is 0.667. The molecule has 1 unspecified atom stereocenters. The van der Waals surface area contributed by atoms with Crippen LogP contribution in [0.4, 0.5) is 4.39 Å². The Hall–Kier alpha value is -0.540. The number of hydrogen-bond acceptors (Lipinski definition) is 2. The highest BCUT2D eigenvalue weighted by Gasteiger charge is 2.23. The van der Waals surface area contributed by atoms with Crippen LogP contribution in [0.15, 0.2) is 23.1 Å². The molecule has 2 aliphatic rings. The van der Waals surface area contributed by atoms with Crippen molar-refractivity contribution in [2.75, 3.05) is 12.3 Å². The van der Waals surface area contributed by atoms with E-state index in [1.165, 1.54) is 37.7 Å². The lowest BCUT2D eigenvalue weighted by molar-refractivity contribution is 0.272. The highest BCUT2D eigenvalue weighted by molar-refractivity contribution is 7.99. The highest BCUT2D eigenvalue weighted by Crippen LogP contribution is 2.38. The van der Waals surface area contributed by atoms with Crippen molar-refractivity contribution in [2.24, 2.45) is 11.8 Å². The average Bonchev–Trinajstić information content (AvgIpc) is 2.50. The molecule has 116 valence electrons. The third-order valence-electron chi connectivity index (χ3n) is 5.10. The van der Waals surface area contributed by atoms with Crippen LogP contribution in [0, 0.1) is 17.7 Å². The molecule has 1 fully saturated rings. The van der Waals surface area contributed by atoms with E-state index in [9.17, 15) is 4.39 Å². The molecule has 1 aromatic rings. The first kappa shape index (κ1) is 15.4. The van der Waals surface area contributed by atoms with Crippen LogP contribution in [0.5, 0.6) is 0 Å². The number of hydrogen-bond donors (Lipinski definition) is 1. The van der Waals surface area contributed by atoms with Crippen molar-refractivity contribution in [3.63, 3.8) is 0 Å². The van der Waals surface area contributed by atoms with E-state index in [1.807, 2.05) is 6.07 Å². The molecule has 0 spiro atoms. The molecule has 3 rings (SSSR count). The van der Waals surface area contributed by atoms with Gasteiger partial charge < -0.3 is 5.32 Å². The van der Waals surface area contributed by atoms with E-state index < -0.39 is 0 Å². The monoisotopic (exact) mass is 307 g/mol. The van der Waals surface area contributed by atoms with Crippen molar-refractivity contribution in [2.45, 2.75) is 56.4 Å². The average molecular weight is 307 g/mol. The van der Waals surface area contributed by atoms with E-state index in [0.29, 0.717) is 6.04 Å². The number of rotatable bonds is 4. The van der Waals surface area contributed by atoms with Gasteiger partial charge in [-0.05, 0) is 48.6 Å². The molecule has 1 heterocycles. The van der Waals surface area contributed by atoms with Crippen molar-refractivity contribution in [1.29, 1.82) is 0 Å². The van der Waals surface area contributed by atoms with Gasteiger partial charge in [0.1, 0.15) is 5.82 Å². The van der Waals surface area contributed by atoms with Gasteiger partial charge in [0.15, 0.2) is 0 Å². The van der Waals surface area contributed by atoms with Crippen LogP contribution >= 0.6 is 11.8 Å². The minimum absolute atomic E-state index is 0.0507. The van der Waals surface area contributed by atoms with Gasteiger partial charge >= 0.3 is 0 Å². The zero-order valence-corrected chi connectivity index (χ0v) is 13.7. The van der Waals surface area contributed by atoms with E-state index in [2.05, 4.69) is 18.3 Å². The third kappa shape index (κ3) is 3.81. The Kier molecular flexibility index (Phi) is 5.23. The second-order valence-electron chi connectivity index (χ2n) is 6.72. The minimum atomic E-state index is -0.0507. The molecule has 3 heteroatoms. The minimum Gasteiger partial charge on any atom is -0.310 e. The Morgan fingerprint density at radius 1 is 1.19 bits per heavy atom. The maximum atomic E-state index is 13.8. The summed E-state index contributed by atoms with van der Waals surface area (Å²) in [5.41, 5.74) is 1.17. The van der Waals surface area contributed by atoms with Crippen LogP contribution in [0.25, 0.3) is 0 Å². The lowest BCUT2D eigenvalue weighted by Crippen LogP contribution is -2.27. The molecule has 1 N–H and O–H groups in total. The molecule has 21 heavy (non-hydrogen) atoms. The second-order valence-corrected chi connectivity index (χ2v) is 7.82. The number of halogens is 1. The summed E-state index contributed by atoms with van der Waals surface area (Å²) >= 11 is 1.67. The predicted octanol–water partition coefficient (Wildman–Crippen LogP) is 5.17. The fourth-order valence-electron chi connectivity index (χ4n) is 3.68. The molecule has 0 radical (unpaired) electrons. The number of thioether (sulfide) groups is 1. The molecule has 1 aliphatic heterocycles. The Morgan fingerprint density at radius 3 is 2.81 bits per heavy atom. The van der Waals surface area contributed by atoms with Gasteiger partial charge in [0, 0.05) is 10.9 Å². The number of nitrogens with one attached hydrogen (secondary N) is 1. The topological polar surface area (TPSA) is 12.0 Å². The van der Waals surface area contributed by atoms with E-state index in [4.69, 9.17) is 0 Å². The molecule has 1 saturated carbocycles. The fourth-order valence-corrected chi connectivity index (χ4v) is 4.82. The molecule has 1 aromatic carbocycles. The van der Waals surface area contributed by atoms with Gasteiger partial charge in [0.2, 0.25) is 0 Å². The van der Waals surface area contributed by atoms with Gasteiger partial charge in [-0.2, -0.15) is 0 Å². The first-order valence-electron chi connectivity index (χ1n) is 8.38. The summed E-state index contributed by atoms with van der Waals surface area (Å²) in [5, 5.41) is 3.68. The Morgan fingerprint density at radius 2 is 2.00 bits per heavy atom. The molecular weight excluding hydrogens is 281 g/mol. The second kappa shape index (κ2) is 7.15. The SMILES string of the molecule is CC1CCC(CCNC2CCSc3c(F)cccc32)CC1. The van der Waals surface area contributed by atoms with Gasteiger partial charge in [-0.3, -0.25) is 0 Å². The van der Waals surface area contributed by atoms with Gasteiger partial charge in [-0.1, -0.05) is 44.7 Å². The summed E-state index contributed by atoms with van der Waals surface area (Å²) in [6.07, 6.45) is 7.99. The number of fused-ring (bicyclic) bond motifs is 1. The van der Waals surface area contributed by atoms with Gasteiger partial charge in [0.25, 0.3) is 0 Å². The molecule has 0 bridgehead atoms. The van der Waals surface area contributed by atoms with Crippen molar-refractivity contribution in [3.8, 4) is 0 Å². The molecule has 1 atom stereocenters. The van der Waals surface area contributed by atoms with Crippen LogP contribution in [0.3, 0.4) is 0 Å². The summed E-state index contributed by atoms with van der Waals surface area (Å²) < 4.78 is 13.8. The van der Waals surface area contributed by atoms with E-state index in [0.717, 1.165) is 35.4 Å². The zero-order chi connectivity index (χ0) is 14.7. The molecular formula is C18H26FNS. The normalized spacial score (nSPS) is 29.1. The molecule has 0 saturated heterocycles. The van der Waals surface area contributed by atoms with Crippen LogP contribution in [-0.4, -0.2) is 12.3 Å². The predicted molar refractivity (Wildman–Crippen MR) is 88.2 cm³/mol. The quantitative estimate of drug-likeness (QED) is 0.823. The van der Waals surface area contributed by atoms with E-state index >= 15 is 0 Å². The Bertz CT molecular complexity index is 468. The van der Waals surface area contributed by atoms with Crippen molar-refractivity contribution in [3.05, 3.63) is 29.6 Å². The van der Waals surface area contributed by atoms with Crippen molar-refractivity contribution in [1.82, 2.24) is 5.32 Å². The smallest absolute Gasteiger partial charge is 0.137 e. The lowest BCUT2D eigenvalue weighted by Gasteiger charge is -2.29. The summed E-state index contributed by atoms with van der Waals surface area (Å²) in [4.78, 5) is 0.868. The van der Waals surface area contributed by atoms with Gasteiger partial charge in [-0.15, -0.1) is 11.8 Å². The summed E-state index contributed by atoms with van der Waals surface area (Å²) in [7, 11) is 0. The molecule has 1 aliphatic carbocycles. The lowest BCUT2D eigenvalue weighted by atomic mass is 9.81. The van der Waals surface area contributed by atoms with Crippen LogP contribution < -0.4 is 5.32 Å². The molecule has 1 nitrogen and oxygen atoms in total. The molecule has 0 amide bonds. The maximum Gasteiger partial charge on any atom is 0.137 e. The van der Waals surface area contributed by atoms with Crippen LogP contribution in [0.1, 0.15) is 57.1 Å². The third-order valence-corrected chi connectivity index (χ3v) is 6.26. The van der Waals surface area contributed by atoms with Crippen molar-refractivity contribution < 1.29 is 4.39 Å². The maximum absolute atomic E-state index is 13.8. The van der Waals surface area contributed by atoms with Crippen LogP contribution in [0.2, 0.25) is 0 Å². The standard InChI is InChI=1S/C18H26FNS/c1-13-5-7-14(8-6-13)9-11-20-17-10-12-21-18-15(17)3-2-4-16(18)19/h2-4,13-14,17,20H,5-12H2,1H3. The Labute approximate surface area is 132 Å². The Balaban J connectivity index is 1.52. The van der Waals surface area contributed by atoms with Crippen molar-refractivity contribution >= 4 is 11.8 Å². The van der Waals surface area contributed by atoms with Crippen LogP contribution in [-0.2, 0) is 0 Å². The van der Waals surface area contributed by atoms with E-state index in [1.54, 1.807) is 17.8 Å². The highest BCUT2D eigenvalue weighted by atomic mass is 32.2. The molecule has 0 aromatic heterocycles. The van der Waals surface area contributed by atoms with Gasteiger partial charge in [-0.25, -0.2) is 4.39 Å². The first-order valence-corrected chi connectivity index (χ1v) is 9.37. The largest absolute Gasteiger partial charge is 0.310 e. The van der Waals surface area contributed by atoms with E-state index in [-0.39, 0.29) is 5.82 Å². The number of benzene rings is 1. The van der Waals surface area contributed by atoms with Gasteiger partial charge in [0.05, 0.1) is 0 Å². The summed E-state index contributed by atoms with van der Waals surface area (Å²) in [5.74, 6) is 2.80. The first-order chi connectivity index (χ1) is 10.2. The summed E-state index contributed by atoms with van der Waals surface area (Å²) in [6.45, 7) is 3.45. The zero-order valence-electron chi connectivity index (χ0n) is 12.9.